The molecular formula is C21H30N6O3S. The molecule has 0 unspecified atom stereocenters. The van der Waals surface area contributed by atoms with Crippen molar-refractivity contribution in [2.75, 3.05) is 76.1 Å². The van der Waals surface area contributed by atoms with Gasteiger partial charge < -0.3 is 19.1 Å². The highest BCUT2D eigenvalue weighted by molar-refractivity contribution is 7.16. The topological polar surface area (TPSA) is 84.3 Å². The van der Waals surface area contributed by atoms with E-state index in [4.69, 9.17) is 14.2 Å². The normalized spacial score (nSPS) is 17.9. The fourth-order valence-electron chi connectivity index (χ4n) is 3.40. The van der Waals surface area contributed by atoms with Crippen molar-refractivity contribution in [3.8, 4) is 5.88 Å². The first-order valence-corrected chi connectivity index (χ1v) is 11.6. The minimum absolute atomic E-state index is 0.519. The maximum Gasteiger partial charge on any atom is 0.219 e. The number of thiophene rings is 1. The first-order chi connectivity index (χ1) is 15.3. The van der Waals surface area contributed by atoms with Gasteiger partial charge in [0, 0.05) is 43.7 Å². The Morgan fingerprint density at radius 3 is 2.65 bits per heavy atom. The molecule has 31 heavy (non-hydrogen) atoms. The van der Waals surface area contributed by atoms with Gasteiger partial charge in [0.25, 0.3) is 0 Å². The molecule has 0 spiro atoms. The smallest absolute Gasteiger partial charge is 0.219 e. The average molecular weight is 447 g/mol. The van der Waals surface area contributed by atoms with Crippen LogP contribution in [0.15, 0.2) is 23.3 Å². The Kier molecular flexibility index (Phi) is 8.05. The van der Waals surface area contributed by atoms with Crippen LogP contribution in [0.2, 0.25) is 0 Å². The third-order valence-corrected chi connectivity index (χ3v) is 6.30. The van der Waals surface area contributed by atoms with Crippen molar-refractivity contribution in [1.29, 1.82) is 0 Å². The van der Waals surface area contributed by atoms with Gasteiger partial charge in [-0.3, -0.25) is 10.3 Å². The molecule has 0 amide bonds. The van der Waals surface area contributed by atoms with E-state index in [0.717, 1.165) is 63.2 Å². The van der Waals surface area contributed by atoms with Crippen molar-refractivity contribution in [1.82, 2.24) is 14.9 Å². The predicted octanol–water partition coefficient (Wildman–Crippen LogP) is 2.09. The Balaban J connectivity index is 1.42. The number of aryl methyl sites for hydroxylation is 1. The predicted molar refractivity (Wildman–Crippen MR) is 123 cm³/mol. The maximum atomic E-state index is 5.99. The van der Waals surface area contributed by atoms with E-state index < -0.39 is 0 Å². The largest absolute Gasteiger partial charge is 0.476 e. The Labute approximate surface area is 187 Å². The summed E-state index contributed by atoms with van der Waals surface area (Å²) in [7, 11) is 0. The lowest BCUT2D eigenvalue weighted by molar-refractivity contribution is 0.0320. The Bertz CT molecular complexity index is 849. The molecule has 10 heteroatoms. The second-order valence-corrected chi connectivity index (χ2v) is 8.48. The van der Waals surface area contributed by atoms with Crippen molar-refractivity contribution in [2.45, 2.75) is 13.3 Å². The molecule has 2 fully saturated rings. The van der Waals surface area contributed by atoms with Gasteiger partial charge in [-0.15, -0.1) is 11.3 Å². The second-order valence-electron chi connectivity index (χ2n) is 7.31. The number of morpholine rings is 2. The van der Waals surface area contributed by atoms with Gasteiger partial charge in [0.2, 0.25) is 5.88 Å². The number of nitrogens with zero attached hydrogens (tertiary/aromatic N) is 5. The molecule has 2 aliphatic rings. The summed E-state index contributed by atoms with van der Waals surface area (Å²) in [6, 6.07) is 6.05. The Hall–Kier alpha value is -2.27. The molecule has 0 saturated carbocycles. The number of hydrogen-bond acceptors (Lipinski definition) is 10. The average Bonchev–Trinajstić information content (AvgIpc) is 3.28. The summed E-state index contributed by atoms with van der Waals surface area (Å²) in [5.41, 5.74) is 3.07. The number of nitrogens with one attached hydrogen (secondary N) is 1. The number of aromatic nitrogens is 2. The maximum absolute atomic E-state index is 5.99. The summed E-state index contributed by atoms with van der Waals surface area (Å²) in [5, 5.41) is 5.33. The number of rotatable bonds is 9. The summed E-state index contributed by atoms with van der Waals surface area (Å²) in [6.45, 7) is 10.0. The number of hydrogen-bond donors (Lipinski definition) is 1. The van der Waals surface area contributed by atoms with Crippen LogP contribution in [-0.4, -0.2) is 86.8 Å². The molecule has 2 saturated heterocycles. The molecule has 0 bridgehead atoms. The molecule has 9 nitrogen and oxygen atoms in total. The van der Waals surface area contributed by atoms with E-state index in [1.807, 2.05) is 12.1 Å². The van der Waals surface area contributed by atoms with Crippen LogP contribution in [-0.2, 0) is 15.9 Å². The van der Waals surface area contributed by atoms with E-state index in [1.54, 1.807) is 17.6 Å². The minimum Gasteiger partial charge on any atom is -0.476 e. The lowest BCUT2D eigenvalue weighted by atomic mass is 10.4. The van der Waals surface area contributed by atoms with Gasteiger partial charge in [-0.25, -0.2) is 4.98 Å². The summed E-state index contributed by atoms with van der Waals surface area (Å²) in [6.07, 6.45) is 2.66. The zero-order valence-corrected chi connectivity index (χ0v) is 18.8. The highest BCUT2D eigenvalue weighted by atomic mass is 32.1. The molecule has 0 radical (unpaired) electrons. The molecular weight excluding hydrogens is 416 g/mol. The summed E-state index contributed by atoms with van der Waals surface area (Å²) in [4.78, 5) is 15.1. The van der Waals surface area contributed by atoms with E-state index >= 15 is 0 Å². The fraction of sp³-hybridized carbons (Fsp3) is 0.571. The van der Waals surface area contributed by atoms with Crippen LogP contribution in [0, 0.1) is 0 Å². The lowest BCUT2D eigenvalue weighted by Crippen LogP contribution is -2.38. The van der Waals surface area contributed by atoms with Crippen molar-refractivity contribution in [3.05, 3.63) is 28.9 Å². The quantitative estimate of drug-likeness (QED) is 0.463. The Morgan fingerprint density at radius 2 is 1.90 bits per heavy atom. The van der Waals surface area contributed by atoms with Crippen molar-refractivity contribution < 1.29 is 14.2 Å². The summed E-state index contributed by atoms with van der Waals surface area (Å²) >= 11 is 1.70. The van der Waals surface area contributed by atoms with Crippen LogP contribution in [0.4, 0.5) is 10.8 Å². The number of ether oxygens (including phenoxy) is 3. The van der Waals surface area contributed by atoms with Gasteiger partial charge in [-0.2, -0.15) is 10.1 Å². The monoisotopic (exact) mass is 446 g/mol. The van der Waals surface area contributed by atoms with Crippen LogP contribution >= 0.6 is 11.3 Å². The van der Waals surface area contributed by atoms with E-state index in [1.165, 1.54) is 4.88 Å². The molecule has 0 atom stereocenters. The van der Waals surface area contributed by atoms with Crippen LogP contribution < -0.4 is 15.1 Å². The summed E-state index contributed by atoms with van der Waals surface area (Å²) < 4.78 is 16.9. The molecule has 0 aromatic carbocycles. The molecule has 168 valence electrons. The molecule has 0 aliphatic carbocycles. The third kappa shape index (κ3) is 6.60. The van der Waals surface area contributed by atoms with Crippen LogP contribution in [0.25, 0.3) is 0 Å². The van der Waals surface area contributed by atoms with Crippen LogP contribution in [0.3, 0.4) is 0 Å². The van der Waals surface area contributed by atoms with Crippen LogP contribution in [0.1, 0.15) is 17.6 Å². The van der Waals surface area contributed by atoms with E-state index in [2.05, 4.69) is 43.3 Å². The molecule has 1 N–H and O–H groups in total. The SMILES string of the molecule is CCc1ccc(NN=Cc2nc(OCCN3CCOCC3)cc(N3CCOCC3)n2)s1. The summed E-state index contributed by atoms with van der Waals surface area (Å²) in [5.74, 6) is 1.92. The van der Waals surface area contributed by atoms with E-state index in [0.29, 0.717) is 31.5 Å². The molecule has 2 aromatic rings. The van der Waals surface area contributed by atoms with E-state index in [9.17, 15) is 0 Å². The fourth-order valence-corrected chi connectivity index (χ4v) is 4.20. The first kappa shape index (κ1) is 21.9. The van der Waals surface area contributed by atoms with Gasteiger partial charge in [0.05, 0.1) is 32.6 Å². The third-order valence-electron chi connectivity index (χ3n) is 5.17. The van der Waals surface area contributed by atoms with Gasteiger partial charge in [-0.1, -0.05) is 6.92 Å². The molecule has 4 rings (SSSR count). The van der Waals surface area contributed by atoms with Gasteiger partial charge in [0.1, 0.15) is 17.4 Å². The van der Waals surface area contributed by atoms with Crippen molar-refractivity contribution in [3.63, 3.8) is 0 Å². The number of anilines is 2. The minimum atomic E-state index is 0.519. The second kappa shape index (κ2) is 11.4. The van der Waals surface area contributed by atoms with Gasteiger partial charge >= 0.3 is 0 Å². The zero-order chi connectivity index (χ0) is 21.3. The van der Waals surface area contributed by atoms with Crippen molar-refractivity contribution in [2.24, 2.45) is 5.10 Å². The highest BCUT2D eigenvalue weighted by Gasteiger charge is 2.16. The lowest BCUT2D eigenvalue weighted by Gasteiger charge is -2.28. The van der Waals surface area contributed by atoms with Gasteiger partial charge in [-0.05, 0) is 18.6 Å². The van der Waals surface area contributed by atoms with Crippen molar-refractivity contribution >= 4 is 28.4 Å². The molecule has 4 heterocycles. The Morgan fingerprint density at radius 1 is 1.13 bits per heavy atom. The van der Waals surface area contributed by atoms with Crippen LogP contribution in [0.5, 0.6) is 5.88 Å². The first-order valence-electron chi connectivity index (χ1n) is 10.8. The number of hydrazone groups is 1. The molecule has 2 aliphatic heterocycles. The highest BCUT2D eigenvalue weighted by Crippen LogP contribution is 2.22. The van der Waals surface area contributed by atoms with Gasteiger partial charge in [0.15, 0.2) is 5.82 Å². The molecule has 2 aromatic heterocycles. The standard InChI is InChI=1S/C21H30N6O3S/c1-2-17-3-4-21(31-17)25-22-16-18-23-19(27-8-12-29-13-9-27)15-20(24-18)30-14-7-26-5-10-28-11-6-26/h3-4,15-16,25H,2,5-14H2,1H3. The van der Waals surface area contributed by atoms with E-state index in [-0.39, 0.29) is 0 Å². The zero-order valence-electron chi connectivity index (χ0n) is 18.0.